The van der Waals surface area contributed by atoms with Crippen LogP contribution in [0.15, 0.2) is 36.7 Å². The Bertz CT molecular complexity index is 586. The number of ether oxygens (including phenoxy) is 1. The second-order valence-electron chi connectivity index (χ2n) is 4.69. The largest absolute Gasteiger partial charge is 0.496 e. The number of hydrogen-bond acceptors (Lipinski definition) is 3. The monoisotopic (exact) mass is 290 g/mol. The highest BCUT2D eigenvalue weighted by molar-refractivity contribution is 6.30. The van der Waals surface area contributed by atoms with E-state index in [4.69, 9.17) is 22.1 Å². The number of halogens is 1. The predicted octanol–water partition coefficient (Wildman–Crippen LogP) is 3.55. The van der Waals surface area contributed by atoms with Crippen molar-refractivity contribution < 1.29 is 4.74 Å². The fraction of sp³-hybridized carbons (Fsp3) is 0.312. The third-order valence-corrected chi connectivity index (χ3v) is 3.64. The smallest absolute Gasteiger partial charge is 0.122 e. The first-order chi connectivity index (χ1) is 9.65. The summed E-state index contributed by atoms with van der Waals surface area (Å²) in [5, 5.41) is 0.693. The van der Waals surface area contributed by atoms with Gasteiger partial charge in [-0.15, -0.1) is 0 Å². The summed E-state index contributed by atoms with van der Waals surface area (Å²) in [4.78, 5) is 4.15. The molecule has 3 nitrogen and oxygen atoms in total. The fourth-order valence-electron chi connectivity index (χ4n) is 2.35. The molecule has 0 saturated carbocycles. The molecule has 4 heteroatoms. The van der Waals surface area contributed by atoms with Crippen LogP contribution in [0.4, 0.5) is 0 Å². The van der Waals surface area contributed by atoms with E-state index < -0.39 is 0 Å². The molecule has 1 aromatic carbocycles. The minimum Gasteiger partial charge on any atom is -0.496 e. The zero-order valence-electron chi connectivity index (χ0n) is 11.8. The van der Waals surface area contributed by atoms with E-state index >= 15 is 0 Å². The summed E-state index contributed by atoms with van der Waals surface area (Å²) in [5.41, 5.74) is 9.68. The number of nitrogens with zero attached hydrogens (tertiary/aromatic N) is 1. The van der Waals surface area contributed by atoms with Crippen molar-refractivity contribution in [3.63, 3.8) is 0 Å². The van der Waals surface area contributed by atoms with Crippen molar-refractivity contribution in [2.24, 2.45) is 5.73 Å². The minimum absolute atomic E-state index is 0.0969. The van der Waals surface area contributed by atoms with Gasteiger partial charge in [0.2, 0.25) is 0 Å². The van der Waals surface area contributed by atoms with Gasteiger partial charge in [-0.2, -0.15) is 0 Å². The lowest BCUT2D eigenvalue weighted by molar-refractivity contribution is 0.408. The molecule has 0 amide bonds. The second kappa shape index (κ2) is 6.73. The number of hydrogen-bond donors (Lipinski definition) is 1. The van der Waals surface area contributed by atoms with Crippen molar-refractivity contribution in [3.05, 3.63) is 58.4 Å². The molecule has 0 aliphatic rings. The summed E-state index contributed by atoms with van der Waals surface area (Å²) in [6.07, 6.45) is 5.26. The molecule has 0 bridgehead atoms. The summed E-state index contributed by atoms with van der Waals surface area (Å²) in [6, 6.07) is 7.49. The molecular weight excluding hydrogens is 272 g/mol. The molecule has 0 spiro atoms. The zero-order chi connectivity index (χ0) is 14.5. The lowest BCUT2D eigenvalue weighted by atomic mass is 9.95. The van der Waals surface area contributed by atoms with Crippen molar-refractivity contribution in [2.45, 2.75) is 25.8 Å². The maximum absolute atomic E-state index is 6.35. The van der Waals surface area contributed by atoms with Gasteiger partial charge >= 0.3 is 0 Å². The van der Waals surface area contributed by atoms with E-state index in [1.54, 1.807) is 13.3 Å². The van der Waals surface area contributed by atoms with Crippen molar-refractivity contribution in [2.75, 3.05) is 7.11 Å². The molecular formula is C16H19ClN2O. The van der Waals surface area contributed by atoms with Gasteiger partial charge in [-0.3, -0.25) is 4.98 Å². The first-order valence-corrected chi connectivity index (χ1v) is 7.04. The number of pyridine rings is 1. The van der Waals surface area contributed by atoms with Crippen LogP contribution in [0.5, 0.6) is 5.75 Å². The van der Waals surface area contributed by atoms with Gasteiger partial charge in [-0.25, -0.2) is 0 Å². The number of aromatic nitrogens is 1. The van der Waals surface area contributed by atoms with Gasteiger partial charge in [0.15, 0.2) is 0 Å². The van der Waals surface area contributed by atoms with Crippen LogP contribution in [0.2, 0.25) is 5.02 Å². The molecule has 1 atom stereocenters. The topological polar surface area (TPSA) is 48.1 Å². The van der Waals surface area contributed by atoms with Crippen LogP contribution in [0.3, 0.4) is 0 Å². The number of rotatable bonds is 5. The molecule has 1 unspecified atom stereocenters. The maximum Gasteiger partial charge on any atom is 0.122 e. The van der Waals surface area contributed by atoms with Crippen LogP contribution in [-0.4, -0.2) is 12.1 Å². The molecule has 1 heterocycles. The number of benzene rings is 1. The summed E-state index contributed by atoms with van der Waals surface area (Å²) >= 11 is 6.06. The van der Waals surface area contributed by atoms with Gasteiger partial charge in [-0.1, -0.05) is 18.5 Å². The van der Waals surface area contributed by atoms with E-state index in [2.05, 4.69) is 11.9 Å². The Morgan fingerprint density at radius 3 is 2.80 bits per heavy atom. The molecule has 0 aliphatic carbocycles. The van der Waals surface area contributed by atoms with Crippen molar-refractivity contribution in [3.8, 4) is 5.75 Å². The highest BCUT2D eigenvalue weighted by Gasteiger charge is 2.14. The molecule has 2 aromatic rings. The van der Waals surface area contributed by atoms with Gasteiger partial charge in [0.25, 0.3) is 0 Å². The lowest BCUT2D eigenvalue weighted by Crippen LogP contribution is -2.16. The third kappa shape index (κ3) is 3.30. The van der Waals surface area contributed by atoms with Crippen LogP contribution < -0.4 is 10.5 Å². The lowest BCUT2D eigenvalue weighted by Gasteiger charge is -2.17. The third-order valence-electron chi connectivity index (χ3n) is 3.40. The van der Waals surface area contributed by atoms with Gasteiger partial charge in [0.05, 0.1) is 7.11 Å². The highest BCUT2D eigenvalue weighted by atomic mass is 35.5. The Morgan fingerprint density at radius 1 is 1.30 bits per heavy atom. The quantitative estimate of drug-likeness (QED) is 0.916. The van der Waals surface area contributed by atoms with Crippen LogP contribution in [-0.2, 0) is 12.8 Å². The van der Waals surface area contributed by atoms with Crippen LogP contribution in [0, 0.1) is 0 Å². The summed E-state index contributed by atoms with van der Waals surface area (Å²) < 4.78 is 5.37. The van der Waals surface area contributed by atoms with Crippen molar-refractivity contribution >= 4 is 11.6 Å². The number of nitrogens with two attached hydrogens (primary N) is 1. The molecule has 20 heavy (non-hydrogen) atoms. The van der Waals surface area contributed by atoms with E-state index in [0.717, 1.165) is 23.3 Å². The predicted molar refractivity (Wildman–Crippen MR) is 82.3 cm³/mol. The Balaban J connectivity index is 2.27. The molecule has 0 fully saturated rings. The molecule has 0 radical (unpaired) electrons. The Hall–Kier alpha value is -1.58. The first-order valence-electron chi connectivity index (χ1n) is 6.66. The summed E-state index contributed by atoms with van der Waals surface area (Å²) in [6.45, 7) is 2.10. The number of aryl methyl sites for hydroxylation is 1. The van der Waals surface area contributed by atoms with Gasteiger partial charge in [0.1, 0.15) is 5.75 Å². The molecule has 0 aliphatic heterocycles. The van der Waals surface area contributed by atoms with Crippen molar-refractivity contribution in [1.82, 2.24) is 4.98 Å². The average molecular weight is 291 g/mol. The molecule has 1 aromatic heterocycles. The molecule has 0 saturated heterocycles. The van der Waals surface area contributed by atoms with Gasteiger partial charge < -0.3 is 10.5 Å². The van der Waals surface area contributed by atoms with E-state index in [9.17, 15) is 0 Å². The summed E-state index contributed by atoms with van der Waals surface area (Å²) in [5.74, 6) is 0.817. The Kier molecular flexibility index (Phi) is 4.99. The van der Waals surface area contributed by atoms with E-state index in [0.29, 0.717) is 11.4 Å². The number of methoxy groups -OCH3 is 1. The zero-order valence-corrected chi connectivity index (χ0v) is 12.5. The van der Waals surface area contributed by atoms with E-state index in [1.807, 2.05) is 30.5 Å². The van der Waals surface area contributed by atoms with Gasteiger partial charge in [0, 0.05) is 23.5 Å². The Morgan fingerprint density at radius 2 is 2.10 bits per heavy atom. The normalized spacial score (nSPS) is 12.2. The molecule has 2 N–H and O–H groups in total. The SMILES string of the molecule is CCc1cnccc1C(N)Cc1cc(Cl)ccc1OC. The maximum atomic E-state index is 6.35. The van der Waals surface area contributed by atoms with Crippen LogP contribution in [0.1, 0.15) is 29.7 Å². The standard InChI is InChI=1S/C16H19ClN2O/c1-3-11-10-19-7-6-14(11)15(18)9-12-8-13(17)4-5-16(12)20-2/h4-8,10,15H,3,9,18H2,1-2H3. The first kappa shape index (κ1) is 14.8. The summed E-state index contributed by atoms with van der Waals surface area (Å²) in [7, 11) is 1.65. The molecule has 106 valence electrons. The Labute approximate surface area is 124 Å². The van der Waals surface area contributed by atoms with Crippen molar-refractivity contribution in [1.29, 1.82) is 0 Å². The second-order valence-corrected chi connectivity index (χ2v) is 5.13. The minimum atomic E-state index is -0.0969. The van der Waals surface area contributed by atoms with Crippen LogP contribution in [0.25, 0.3) is 0 Å². The van der Waals surface area contributed by atoms with Crippen LogP contribution >= 0.6 is 11.6 Å². The fourth-order valence-corrected chi connectivity index (χ4v) is 2.54. The highest BCUT2D eigenvalue weighted by Crippen LogP contribution is 2.27. The van der Waals surface area contributed by atoms with E-state index in [1.165, 1.54) is 5.56 Å². The van der Waals surface area contributed by atoms with Gasteiger partial charge in [-0.05, 0) is 53.8 Å². The van der Waals surface area contributed by atoms with E-state index in [-0.39, 0.29) is 6.04 Å². The average Bonchev–Trinajstić information content (AvgIpc) is 2.47. The molecule has 2 rings (SSSR count).